The van der Waals surface area contributed by atoms with Crippen LogP contribution < -0.4 is 0 Å². The van der Waals surface area contributed by atoms with E-state index in [0.717, 1.165) is 22.4 Å². The Hall–Kier alpha value is -2.60. The van der Waals surface area contributed by atoms with E-state index in [1.165, 1.54) is 6.26 Å². The highest BCUT2D eigenvalue weighted by molar-refractivity contribution is 7.90. The van der Waals surface area contributed by atoms with E-state index in [1.54, 1.807) is 42.5 Å². The van der Waals surface area contributed by atoms with Gasteiger partial charge in [0.1, 0.15) is 5.82 Å². The number of sulfone groups is 1. The number of imidazole rings is 1. The van der Waals surface area contributed by atoms with Crippen molar-refractivity contribution in [2.75, 3.05) is 6.26 Å². The van der Waals surface area contributed by atoms with Gasteiger partial charge in [-0.25, -0.2) is 13.4 Å². The first-order chi connectivity index (χ1) is 13.8. The molecule has 0 radical (unpaired) electrons. The topological polar surface area (TPSA) is 62.8 Å². The van der Waals surface area contributed by atoms with Crippen molar-refractivity contribution >= 4 is 33.0 Å². The van der Waals surface area contributed by atoms with Crippen LogP contribution in [0, 0.1) is 0 Å². The number of hydrogen-bond donors (Lipinski definition) is 1. The molecular formula is C22H16Cl2N2O2S. The molecule has 0 unspecified atom stereocenters. The monoisotopic (exact) mass is 442 g/mol. The average molecular weight is 443 g/mol. The second-order valence-corrected chi connectivity index (χ2v) is 9.52. The first kappa shape index (κ1) is 19.7. The number of aromatic amines is 1. The van der Waals surface area contributed by atoms with Crippen LogP contribution >= 0.6 is 23.2 Å². The summed E-state index contributed by atoms with van der Waals surface area (Å²) in [5, 5.41) is 1.02. The lowest BCUT2D eigenvalue weighted by Gasteiger charge is -2.06. The van der Waals surface area contributed by atoms with Crippen molar-refractivity contribution in [3.05, 3.63) is 82.8 Å². The van der Waals surface area contributed by atoms with Gasteiger partial charge < -0.3 is 4.98 Å². The van der Waals surface area contributed by atoms with Crippen LogP contribution in [0.2, 0.25) is 10.0 Å². The highest BCUT2D eigenvalue weighted by Crippen LogP contribution is 2.35. The van der Waals surface area contributed by atoms with Crippen molar-refractivity contribution in [2.24, 2.45) is 0 Å². The van der Waals surface area contributed by atoms with Gasteiger partial charge in [0.25, 0.3) is 0 Å². The summed E-state index contributed by atoms with van der Waals surface area (Å²) in [6.07, 6.45) is 1.19. The zero-order valence-electron chi connectivity index (χ0n) is 15.4. The van der Waals surface area contributed by atoms with Crippen LogP contribution in [-0.2, 0) is 9.84 Å². The maximum Gasteiger partial charge on any atom is 0.175 e. The average Bonchev–Trinajstić information content (AvgIpc) is 3.13. The Kier molecular flexibility index (Phi) is 5.21. The predicted octanol–water partition coefficient (Wildman–Crippen LogP) is 6.12. The molecule has 1 aromatic heterocycles. The third-order valence-electron chi connectivity index (χ3n) is 4.46. The summed E-state index contributed by atoms with van der Waals surface area (Å²) in [5.41, 5.74) is 3.93. The van der Waals surface area contributed by atoms with E-state index >= 15 is 0 Å². The van der Waals surface area contributed by atoms with Gasteiger partial charge in [-0.05, 0) is 30.3 Å². The number of hydrogen-bond acceptors (Lipinski definition) is 3. The molecule has 0 amide bonds. The van der Waals surface area contributed by atoms with Crippen molar-refractivity contribution in [1.29, 1.82) is 0 Å². The lowest BCUT2D eigenvalue weighted by atomic mass is 10.1. The molecule has 0 fully saturated rings. The smallest absolute Gasteiger partial charge is 0.175 e. The molecule has 29 heavy (non-hydrogen) atoms. The van der Waals surface area contributed by atoms with Crippen molar-refractivity contribution in [3.8, 4) is 33.9 Å². The zero-order valence-corrected chi connectivity index (χ0v) is 17.7. The highest BCUT2D eigenvalue weighted by atomic mass is 35.5. The Balaban J connectivity index is 1.91. The second-order valence-electron chi connectivity index (χ2n) is 6.63. The molecule has 1 N–H and O–H groups in total. The summed E-state index contributed by atoms with van der Waals surface area (Å²) in [6, 6.07) is 21.7. The van der Waals surface area contributed by atoms with Gasteiger partial charge in [0, 0.05) is 33.0 Å². The summed E-state index contributed by atoms with van der Waals surface area (Å²) in [5.74, 6) is 0.693. The SMILES string of the molecule is CS(=O)(=O)c1ccc(-c2[nH]c(-c3ccccc3)nc2-c2cc(Cl)cc(Cl)c2)cc1. The maximum absolute atomic E-state index is 11.8. The predicted molar refractivity (Wildman–Crippen MR) is 118 cm³/mol. The summed E-state index contributed by atoms with van der Waals surface area (Å²) in [7, 11) is -3.27. The van der Waals surface area contributed by atoms with Crippen molar-refractivity contribution in [1.82, 2.24) is 9.97 Å². The summed E-state index contributed by atoms with van der Waals surface area (Å²) < 4.78 is 23.6. The van der Waals surface area contributed by atoms with E-state index in [1.807, 2.05) is 30.3 Å². The van der Waals surface area contributed by atoms with E-state index in [9.17, 15) is 8.42 Å². The molecule has 0 bridgehead atoms. The van der Waals surface area contributed by atoms with E-state index in [2.05, 4.69) is 4.98 Å². The molecule has 0 saturated carbocycles. The number of rotatable bonds is 4. The van der Waals surface area contributed by atoms with Gasteiger partial charge in [0.05, 0.1) is 16.3 Å². The number of benzene rings is 3. The molecule has 0 aliphatic carbocycles. The van der Waals surface area contributed by atoms with Crippen LogP contribution in [0.1, 0.15) is 0 Å². The van der Waals surface area contributed by atoms with E-state index < -0.39 is 9.84 Å². The van der Waals surface area contributed by atoms with Crippen LogP contribution in [0.3, 0.4) is 0 Å². The van der Waals surface area contributed by atoms with Crippen LogP contribution in [0.15, 0.2) is 77.7 Å². The fourth-order valence-electron chi connectivity index (χ4n) is 3.08. The van der Waals surface area contributed by atoms with Crippen molar-refractivity contribution in [3.63, 3.8) is 0 Å². The first-order valence-corrected chi connectivity index (χ1v) is 11.4. The van der Waals surface area contributed by atoms with E-state index in [-0.39, 0.29) is 4.90 Å². The number of H-pyrrole nitrogens is 1. The van der Waals surface area contributed by atoms with Gasteiger partial charge in [0.2, 0.25) is 0 Å². The second kappa shape index (κ2) is 7.67. The Morgan fingerprint density at radius 1 is 0.793 bits per heavy atom. The number of aromatic nitrogens is 2. The fourth-order valence-corrected chi connectivity index (χ4v) is 4.24. The first-order valence-electron chi connectivity index (χ1n) is 8.73. The number of nitrogens with zero attached hydrogens (tertiary/aromatic N) is 1. The largest absolute Gasteiger partial charge is 0.337 e. The van der Waals surface area contributed by atoms with Crippen molar-refractivity contribution < 1.29 is 8.42 Å². The molecule has 0 aliphatic heterocycles. The Labute approximate surface area is 179 Å². The van der Waals surface area contributed by atoms with Crippen LogP contribution in [0.25, 0.3) is 33.9 Å². The molecule has 7 heteroatoms. The third-order valence-corrected chi connectivity index (χ3v) is 6.02. The van der Waals surface area contributed by atoms with Gasteiger partial charge in [-0.1, -0.05) is 65.7 Å². The minimum Gasteiger partial charge on any atom is -0.337 e. The van der Waals surface area contributed by atoms with Gasteiger partial charge >= 0.3 is 0 Å². The number of nitrogens with one attached hydrogen (secondary N) is 1. The molecule has 0 aliphatic rings. The molecule has 0 atom stereocenters. The molecular weight excluding hydrogens is 427 g/mol. The van der Waals surface area contributed by atoms with Gasteiger partial charge in [-0.15, -0.1) is 0 Å². The van der Waals surface area contributed by atoms with Crippen LogP contribution in [0.4, 0.5) is 0 Å². The highest BCUT2D eigenvalue weighted by Gasteiger charge is 2.17. The molecule has 0 spiro atoms. The molecule has 146 valence electrons. The molecule has 3 aromatic carbocycles. The molecule has 4 nitrogen and oxygen atoms in total. The summed E-state index contributed by atoms with van der Waals surface area (Å²) in [6.45, 7) is 0. The van der Waals surface area contributed by atoms with E-state index in [0.29, 0.717) is 21.6 Å². The maximum atomic E-state index is 11.8. The quantitative estimate of drug-likeness (QED) is 0.413. The van der Waals surface area contributed by atoms with E-state index in [4.69, 9.17) is 28.2 Å². The molecule has 1 heterocycles. The minimum atomic E-state index is -3.27. The fraction of sp³-hybridized carbons (Fsp3) is 0.0455. The zero-order chi connectivity index (χ0) is 20.6. The summed E-state index contributed by atoms with van der Waals surface area (Å²) >= 11 is 12.4. The standard InChI is InChI=1S/C22H16Cl2N2O2S/c1-29(27,28)19-9-7-14(8-10-19)20-21(16-11-17(23)13-18(24)12-16)26-22(25-20)15-5-3-2-4-6-15/h2-13H,1H3,(H,25,26). The minimum absolute atomic E-state index is 0.261. The molecule has 0 saturated heterocycles. The van der Waals surface area contributed by atoms with Crippen LogP contribution in [0.5, 0.6) is 0 Å². The van der Waals surface area contributed by atoms with Gasteiger partial charge in [-0.3, -0.25) is 0 Å². The Bertz CT molecular complexity index is 1260. The normalized spacial score (nSPS) is 11.6. The lowest BCUT2D eigenvalue weighted by molar-refractivity contribution is 0.602. The summed E-state index contributed by atoms with van der Waals surface area (Å²) in [4.78, 5) is 8.41. The molecule has 4 rings (SSSR count). The van der Waals surface area contributed by atoms with Gasteiger partial charge in [-0.2, -0.15) is 0 Å². The van der Waals surface area contributed by atoms with Crippen LogP contribution in [-0.4, -0.2) is 24.6 Å². The molecule has 4 aromatic rings. The third kappa shape index (κ3) is 4.22. The van der Waals surface area contributed by atoms with Gasteiger partial charge in [0.15, 0.2) is 9.84 Å². The number of halogens is 2. The lowest BCUT2D eigenvalue weighted by Crippen LogP contribution is -1.96. The van der Waals surface area contributed by atoms with Crippen molar-refractivity contribution in [2.45, 2.75) is 4.90 Å². The Morgan fingerprint density at radius 2 is 1.41 bits per heavy atom. The Morgan fingerprint density at radius 3 is 2.00 bits per heavy atom.